The topological polar surface area (TPSA) is 103 Å². The van der Waals surface area contributed by atoms with Crippen molar-refractivity contribution >= 4 is 36.9 Å². The highest BCUT2D eigenvalue weighted by molar-refractivity contribution is 7.59. The van der Waals surface area contributed by atoms with Crippen molar-refractivity contribution in [3.8, 4) is 6.07 Å². The summed E-state index contributed by atoms with van der Waals surface area (Å²) in [4.78, 5) is 25.4. The molecule has 4 heterocycles. The maximum Gasteiger partial charge on any atom is 0.249 e. The number of nitriles is 1. The normalized spacial score (nSPS) is 16.8. The van der Waals surface area contributed by atoms with Gasteiger partial charge in [-0.15, -0.1) is 0 Å². The van der Waals surface area contributed by atoms with E-state index in [-0.39, 0.29) is 25.4 Å². The molecule has 1 fully saturated rings. The molecule has 2 aliphatic heterocycles. The molecule has 2 aromatic heterocycles. The summed E-state index contributed by atoms with van der Waals surface area (Å²) in [6.45, 7) is 1.98. The highest BCUT2D eigenvalue weighted by atomic mass is 32.1. The molecule has 9 nitrogen and oxygen atoms in total. The van der Waals surface area contributed by atoms with Gasteiger partial charge in [0.25, 0.3) is 0 Å². The van der Waals surface area contributed by atoms with E-state index in [1.807, 2.05) is 35.3 Å². The first-order valence-corrected chi connectivity index (χ1v) is 10.3. The zero-order chi connectivity index (χ0) is 21.4. The van der Waals surface area contributed by atoms with Crippen LogP contribution in [0.3, 0.4) is 0 Å². The van der Waals surface area contributed by atoms with Crippen LogP contribution in [0.15, 0.2) is 42.9 Å². The summed E-state index contributed by atoms with van der Waals surface area (Å²) in [6, 6.07) is 9.56. The number of nitrogens with one attached hydrogen (secondary N) is 1. The summed E-state index contributed by atoms with van der Waals surface area (Å²) in [5.41, 5.74) is 3.42. The lowest BCUT2D eigenvalue weighted by Crippen LogP contribution is -2.49. The van der Waals surface area contributed by atoms with Crippen molar-refractivity contribution in [2.45, 2.75) is 32.0 Å². The molecule has 32 heavy (non-hydrogen) atoms. The summed E-state index contributed by atoms with van der Waals surface area (Å²) in [5.74, 6) is 1.46. The molecule has 0 saturated carbocycles. The van der Waals surface area contributed by atoms with E-state index in [0.29, 0.717) is 24.6 Å². The monoisotopic (exact) mass is 448 g/mol. The highest BCUT2D eigenvalue weighted by Crippen LogP contribution is 2.37. The molecule has 5 rings (SSSR count). The van der Waals surface area contributed by atoms with E-state index in [1.165, 1.54) is 0 Å². The number of hydrogen-bond acceptors (Lipinski definition) is 7. The molecule has 1 atom stereocenters. The molecule has 1 aromatic carbocycles. The van der Waals surface area contributed by atoms with Crippen LogP contribution in [-0.2, 0) is 17.9 Å². The Morgan fingerprint density at radius 2 is 2.16 bits per heavy atom. The zero-order valence-corrected chi connectivity index (χ0v) is 18.7. The third-order valence-corrected chi connectivity index (χ3v) is 5.79. The van der Waals surface area contributed by atoms with Crippen molar-refractivity contribution in [3.63, 3.8) is 0 Å². The van der Waals surface area contributed by atoms with Gasteiger partial charge >= 0.3 is 0 Å². The summed E-state index contributed by atoms with van der Waals surface area (Å²) in [5, 5.41) is 16.7. The van der Waals surface area contributed by atoms with Crippen molar-refractivity contribution < 1.29 is 4.79 Å². The van der Waals surface area contributed by atoms with Crippen LogP contribution in [0.25, 0.3) is 0 Å². The van der Waals surface area contributed by atoms with Gasteiger partial charge in [0, 0.05) is 31.9 Å². The predicted molar refractivity (Wildman–Crippen MR) is 126 cm³/mol. The minimum absolute atomic E-state index is 0. The van der Waals surface area contributed by atoms with Crippen molar-refractivity contribution in [2.75, 3.05) is 28.7 Å². The Morgan fingerprint density at radius 3 is 3.00 bits per heavy atom. The van der Waals surface area contributed by atoms with Gasteiger partial charge in [-0.1, -0.05) is 12.1 Å². The molecule has 0 spiro atoms. The molecule has 10 heteroatoms. The molecule has 3 aromatic rings. The summed E-state index contributed by atoms with van der Waals surface area (Å²) < 4.78 is 1.84. The molecule has 0 bridgehead atoms. The number of likely N-dealkylation sites (N-methyl/N-ethyl adjacent to an activating group) is 1. The van der Waals surface area contributed by atoms with Crippen LogP contribution >= 0.6 is 13.5 Å². The summed E-state index contributed by atoms with van der Waals surface area (Å²) in [7, 11) is 1.79. The third kappa shape index (κ3) is 3.99. The van der Waals surface area contributed by atoms with Gasteiger partial charge in [0.1, 0.15) is 11.7 Å². The number of amides is 1. The maximum absolute atomic E-state index is 12.5. The first-order valence-electron chi connectivity index (χ1n) is 10.3. The number of rotatable bonds is 5. The third-order valence-electron chi connectivity index (χ3n) is 5.79. The summed E-state index contributed by atoms with van der Waals surface area (Å²) >= 11 is 0. The van der Waals surface area contributed by atoms with E-state index < -0.39 is 0 Å². The average molecular weight is 449 g/mol. The minimum atomic E-state index is -0.113. The van der Waals surface area contributed by atoms with Gasteiger partial charge in [-0.3, -0.25) is 9.48 Å². The maximum atomic E-state index is 12.5. The Morgan fingerprint density at radius 1 is 1.28 bits per heavy atom. The lowest BCUT2D eigenvalue weighted by atomic mass is 10.1. The van der Waals surface area contributed by atoms with Gasteiger partial charge < -0.3 is 15.1 Å². The average Bonchev–Trinajstić information content (AvgIpc) is 3.46. The van der Waals surface area contributed by atoms with Crippen LogP contribution in [0.2, 0.25) is 0 Å². The first-order chi connectivity index (χ1) is 15.1. The van der Waals surface area contributed by atoms with Crippen molar-refractivity contribution in [3.05, 3.63) is 59.5 Å². The van der Waals surface area contributed by atoms with E-state index >= 15 is 0 Å². The number of benzene rings is 1. The van der Waals surface area contributed by atoms with E-state index in [4.69, 9.17) is 10.2 Å². The Kier molecular flexibility index (Phi) is 6.01. The largest absolute Gasteiger partial charge is 0.350 e. The molecule has 0 unspecified atom stereocenters. The number of nitrogens with zero attached hydrogens (tertiary/aromatic N) is 7. The first kappa shape index (κ1) is 21.6. The van der Waals surface area contributed by atoms with E-state index in [0.717, 1.165) is 42.0 Å². The second kappa shape index (κ2) is 8.88. The lowest BCUT2D eigenvalue weighted by molar-refractivity contribution is -0.119. The van der Waals surface area contributed by atoms with Crippen LogP contribution in [0.5, 0.6) is 0 Å². The molecule has 0 radical (unpaired) electrons. The van der Waals surface area contributed by atoms with Gasteiger partial charge in [-0.25, -0.2) is 4.98 Å². The van der Waals surface area contributed by atoms with Gasteiger partial charge in [-0.2, -0.15) is 28.8 Å². The molecule has 1 amide bonds. The fraction of sp³-hybridized carbons (Fsp3) is 0.318. The molecular weight excluding hydrogens is 424 g/mol. The Balaban J connectivity index is 0.00000245. The number of anilines is 3. The number of hydrogen-bond donors (Lipinski definition) is 1. The number of carbonyl (C=O) groups excluding carboxylic acids is 1. The van der Waals surface area contributed by atoms with E-state index in [1.54, 1.807) is 24.2 Å². The van der Waals surface area contributed by atoms with Gasteiger partial charge in [0.15, 0.2) is 5.82 Å². The minimum Gasteiger partial charge on any atom is -0.350 e. The van der Waals surface area contributed by atoms with Crippen LogP contribution in [0.1, 0.15) is 29.5 Å². The molecule has 164 valence electrons. The van der Waals surface area contributed by atoms with Crippen LogP contribution in [-0.4, -0.2) is 45.3 Å². The Labute approximate surface area is 193 Å². The second-order valence-electron chi connectivity index (χ2n) is 7.86. The van der Waals surface area contributed by atoms with Crippen LogP contribution in [0.4, 0.5) is 17.5 Å². The van der Waals surface area contributed by atoms with Crippen molar-refractivity contribution in [1.82, 2.24) is 19.7 Å². The van der Waals surface area contributed by atoms with E-state index in [9.17, 15) is 4.79 Å². The zero-order valence-electron chi connectivity index (χ0n) is 17.7. The second-order valence-corrected chi connectivity index (χ2v) is 7.86. The van der Waals surface area contributed by atoms with Gasteiger partial charge in [0.2, 0.25) is 11.9 Å². The number of aromatic nitrogens is 4. The Bertz CT molecular complexity index is 1190. The molecular formula is C22H24N8OS. The molecule has 0 aliphatic carbocycles. The number of carbonyl (C=O) groups is 1. The Hall–Kier alpha value is -3.58. The fourth-order valence-electron chi connectivity index (χ4n) is 4.21. The smallest absolute Gasteiger partial charge is 0.249 e. The predicted octanol–water partition coefficient (Wildman–Crippen LogP) is 2.26. The van der Waals surface area contributed by atoms with Crippen molar-refractivity contribution in [1.29, 1.82) is 5.26 Å². The quantitative estimate of drug-likeness (QED) is 0.639. The standard InChI is InChI=1S/C22H22N8O.H2S/c1-28-19-12-25-22(27-20(19)30-7-3-6-18(30)21(28)31)24-10-17-11-26-29(14-17)13-16-5-2-4-15(8-16)9-23;/h2,4-5,8,11-12,14,18H,3,6-7,10,13H2,1H3,(H,24,25,27);1H2/t18-;/m0./s1. The lowest BCUT2D eigenvalue weighted by Gasteiger charge is -2.36. The SMILES string of the molecule is CN1C(=O)[C@@H]2CCCN2c2nc(NCc3cnn(Cc4cccc(C#N)c4)c3)ncc21.S. The molecule has 1 saturated heterocycles. The van der Waals surface area contributed by atoms with Crippen molar-refractivity contribution in [2.24, 2.45) is 0 Å². The van der Waals surface area contributed by atoms with Gasteiger partial charge in [0.05, 0.1) is 30.6 Å². The summed E-state index contributed by atoms with van der Waals surface area (Å²) in [6.07, 6.45) is 7.34. The molecule has 2 aliphatic rings. The van der Waals surface area contributed by atoms with Crippen LogP contribution < -0.4 is 15.1 Å². The number of fused-ring (bicyclic) bond motifs is 3. The van der Waals surface area contributed by atoms with Gasteiger partial charge in [-0.05, 0) is 30.5 Å². The van der Waals surface area contributed by atoms with E-state index in [2.05, 4.69) is 26.4 Å². The highest BCUT2D eigenvalue weighted by Gasteiger charge is 2.40. The van der Waals surface area contributed by atoms with Crippen LogP contribution in [0, 0.1) is 11.3 Å². The molecule has 1 N–H and O–H groups in total. The fourth-order valence-corrected chi connectivity index (χ4v) is 4.21.